The largest absolute Gasteiger partial charge is 0.317 e. The minimum atomic E-state index is -0.373. The van der Waals surface area contributed by atoms with Crippen molar-refractivity contribution >= 4 is 11.7 Å². The van der Waals surface area contributed by atoms with Gasteiger partial charge in [-0.25, -0.2) is 9.97 Å². The molecule has 5 nitrogen and oxygen atoms in total. The van der Waals surface area contributed by atoms with Crippen molar-refractivity contribution in [1.82, 2.24) is 15.3 Å². The van der Waals surface area contributed by atoms with E-state index in [1.54, 1.807) is 6.20 Å². The van der Waals surface area contributed by atoms with Crippen molar-refractivity contribution in [2.45, 2.75) is 18.3 Å². The van der Waals surface area contributed by atoms with Crippen LogP contribution in [0.3, 0.4) is 0 Å². The van der Waals surface area contributed by atoms with E-state index in [4.69, 9.17) is 0 Å². The molecule has 0 unspecified atom stereocenters. The minimum Gasteiger partial charge on any atom is -0.317 e. The van der Waals surface area contributed by atoms with Crippen LogP contribution >= 0.6 is 0 Å². The van der Waals surface area contributed by atoms with Crippen molar-refractivity contribution in [3.05, 3.63) is 18.1 Å². The summed E-state index contributed by atoms with van der Waals surface area (Å²) in [7, 11) is 0. The van der Waals surface area contributed by atoms with Crippen LogP contribution in [0.25, 0.3) is 0 Å². The number of aromatic nitrogens is 2. The van der Waals surface area contributed by atoms with E-state index in [1.807, 2.05) is 0 Å². The lowest BCUT2D eigenvalue weighted by Crippen LogP contribution is -2.44. The number of nitrogens with zero attached hydrogens (tertiary/aromatic N) is 2. The summed E-state index contributed by atoms with van der Waals surface area (Å²) in [5, 5.41) is 6.11. The van der Waals surface area contributed by atoms with Gasteiger partial charge in [0.1, 0.15) is 12.1 Å². The number of nitrogens with one attached hydrogen (secondary N) is 2. The highest BCUT2D eigenvalue weighted by atomic mass is 16.2. The van der Waals surface area contributed by atoms with Crippen LogP contribution in [0.5, 0.6) is 0 Å². The maximum Gasteiger partial charge on any atom is 0.236 e. The normalized spacial score (nSPS) is 22.5. The Balaban J connectivity index is 2.11. The molecule has 1 amide bonds. The molecular weight excluding hydrogens is 192 g/mol. The highest BCUT2D eigenvalue weighted by Gasteiger charge is 2.48. The average Bonchev–Trinajstić information content (AvgIpc) is 2.55. The fourth-order valence-electron chi connectivity index (χ4n) is 2.48. The first-order valence-corrected chi connectivity index (χ1v) is 5.16. The zero-order valence-electron chi connectivity index (χ0n) is 8.29. The number of hydrogen-bond donors (Lipinski definition) is 2. The number of hydrogen-bond acceptors (Lipinski definition) is 4. The van der Waals surface area contributed by atoms with Gasteiger partial charge in [0.05, 0.1) is 5.41 Å². The van der Waals surface area contributed by atoms with Crippen LogP contribution in [0.1, 0.15) is 18.4 Å². The molecular formula is C10H12N4O. The fourth-order valence-corrected chi connectivity index (χ4v) is 2.48. The van der Waals surface area contributed by atoms with Gasteiger partial charge in [0, 0.05) is 11.8 Å². The molecule has 1 spiro atoms. The number of piperidine rings is 1. The molecule has 1 aromatic rings. The van der Waals surface area contributed by atoms with Crippen molar-refractivity contribution < 1.29 is 4.79 Å². The molecule has 78 valence electrons. The Hall–Kier alpha value is -1.49. The lowest BCUT2D eigenvalue weighted by molar-refractivity contribution is -0.121. The first kappa shape index (κ1) is 8.79. The molecule has 3 rings (SSSR count). The van der Waals surface area contributed by atoms with Crippen molar-refractivity contribution in [3.8, 4) is 0 Å². The Morgan fingerprint density at radius 3 is 2.93 bits per heavy atom. The molecule has 5 heteroatoms. The van der Waals surface area contributed by atoms with Crippen molar-refractivity contribution in [2.75, 3.05) is 18.4 Å². The Morgan fingerprint density at radius 2 is 2.13 bits per heavy atom. The third kappa shape index (κ3) is 1.10. The van der Waals surface area contributed by atoms with Crippen molar-refractivity contribution in [2.24, 2.45) is 0 Å². The lowest BCUT2D eigenvalue weighted by atomic mass is 9.75. The maximum atomic E-state index is 12.0. The summed E-state index contributed by atoms with van der Waals surface area (Å²) in [5.41, 5.74) is 0.596. The third-order valence-electron chi connectivity index (χ3n) is 3.35. The van der Waals surface area contributed by atoms with Gasteiger partial charge < -0.3 is 10.6 Å². The second-order valence-electron chi connectivity index (χ2n) is 4.07. The molecule has 15 heavy (non-hydrogen) atoms. The van der Waals surface area contributed by atoms with Gasteiger partial charge in [-0.05, 0) is 25.9 Å². The highest BCUT2D eigenvalue weighted by molar-refractivity contribution is 6.05. The van der Waals surface area contributed by atoms with Crippen LogP contribution < -0.4 is 10.6 Å². The van der Waals surface area contributed by atoms with E-state index >= 15 is 0 Å². The van der Waals surface area contributed by atoms with Crippen LogP contribution in [0, 0.1) is 0 Å². The first-order chi connectivity index (χ1) is 7.33. The maximum absolute atomic E-state index is 12.0. The van der Waals surface area contributed by atoms with E-state index in [-0.39, 0.29) is 11.3 Å². The molecule has 0 atom stereocenters. The van der Waals surface area contributed by atoms with E-state index in [1.165, 1.54) is 6.33 Å². The lowest BCUT2D eigenvalue weighted by Gasteiger charge is -2.31. The molecule has 2 N–H and O–H groups in total. The molecule has 0 radical (unpaired) electrons. The molecule has 1 aromatic heterocycles. The molecule has 0 aliphatic carbocycles. The SMILES string of the molecule is O=C1Nc2ncncc2C12CCNCC2. The van der Waals surface area contributed by atoms with Crippen LogP contribution in [0.4, 0.5) is 5.82 Å². The van der Waals surface area contributed by atoms with Crippen LogP contribution in [-0.2, 0) is 10.2 Å². The summed E-state index contributed by atoms with van der Waals surface area (Å²) in [6, 6.07) is 0. The van der Waals surface area contributed by atoms with E-state index in [0.29, 0.717) is 5.82 Å². The Morgan fingerprint density at radius 1 is 1.33 bits per heavy atom. The number of anilines is 1. The van der Waals surface area contributed by atoms with Gasteiger partial charge in [-0.15, -0.1) is 0 Å². The second-order valence-corrected chi connectivity index (χ2v) is 4.07. The summed E-state index contributed by atoms with van der Waals surface area (Å²) in [6.45, 7) is 1.75. The smallest absolute Gasteiger partial charge is 0.236 e. The topological polar surface area (TPSA) is 66.9 Å². The molecule has 1 fully saturated rings. The van der Waals surface area contributed by atoms with Crippen molar-refractivity contribution in [1.29, 1.82) is 0 Å². The van der Waals surface area contributed by atoms with Gasteiger partial charge in [-0.3, -0.25) is 4.79 Å². The number of carbonyl (C=O) groups is 1. The molecule has 0 saturated carbocycles. The molecule has 1 saturated heterocycles. The van der Waals surface area contributed by atoms with Gasteiger partial charge in [0.15, 0.2) is 0 Å². The van der Waals surface area contributed by atoms with Crippen LogP contribution in [0.15, 0.2) is 12.5 Å². The van der Waals surface area contributed by atoms with Gasteiger partial charge in [0.2, 0.25) is 5.91 Å². The van der Waals surface area contributed by atoms with Crippen LogP contribution in [0.2, 0.25) is 0 Å². The van der Waals surface area contributed by atoms with E-state index in [0.717, 1.165) is 31.5 Å². The standard InChI is InChI=1S/C10H12N4O/c15-9-10(1-3-11-4-2-10)7-5-12-6-13-8(7)14-9/h5-6,11H,1-4H2,(H,12,13,14,15). The number of carbonyl (C=O) groups excluding carboxylic acids is 1. The van der Waals surface area contributed by atoms with Gasteiger partial charge in [-0.2, -0.15) is 0 Å². The van der Waals surface area contributed by atoms with E-state index in [2.05, 4.69) is 20.6 Å². The number of fused-ring (bicyclic) bond motifs is 2. The van der Waals surface area contributed by atoms with E-state index in [9.17, 15) is 4.79 Å². The minimum absolute atomic E-state index is 0.0829. The quantitative estimate of drug-likeness (QED) is 0.626. The van der Waals surface area contributed by atoms with Gasteiger partial charge in [-0.1, -0.05) is 0 Å². The molecule has 0 aromatic carbocycles. The summed E-state index contributed by atoms with van der Waals surface area (Å²) >= 11 is 0. The van der Waals surface area contributed by atoms with Gasteiger partial charge in [0.25, 0.3) is 0 Å². The Labute approximate surface area is 87.3 Å². The predicted molar refractivity (Wildman–Crippen MR) is 54.4 cm³/mol. The predicted octanol–water partition coefficient (Wildman–Crippen LogP) is 0.0499. The fraction of sp³-hybridized carbons (Fsp3) is 0.500. The number of amides is 1. The monoisotopic (exact) mass is 204 g/mol. The van der Waals surface area contributed by atoms with Crippen molar-refractivity contribution in [3.63, 3.8) is 0 Å². The van der Waals surface area contributed by atoms with Gasteiger partial charge >= 0.3 is 0 Å². The first-order valence-electron chi connectivity index (χ1n) is 5.16. The second kappa shape index (κ2) is 3.00. The molecule has 0 bridgehead atoms. The molecule has 2 aliphatic heterocycles. The number of rotatable bonds is 0. The Bertz CT molecular complexity index is 412. The highest BCUT2D eigenvalue weighted by Crippen LogP contribution is 2.41. The zero-order valence-corrected chi connectivity index (χ0v) is 8.29. The third-order valence-corrected chi connectivity index (χ3v) is 3.35. The average molecular weight is 204 g/mol. The molecule has 2 aliphatic rings. The summed E-state index contributed by atoms with van der Waals surface area (Å²) in [5.74, 6) is 0.774. The zero-order chi connectivity index (χ0) is 10.3. The van der Waals surface area contributed by atoms with E-state index < -0.39 is 0 Å². The Kier molecular flexibility index (Phi) is 1.76. The summed E-state index contributed by atoms with van der Waals surface area (Å²) in [6.07, 6.45) is 4.91. The molecule has 3 heterocycles. The van der Waals surface area contributed by atoms with Crippen LogP contribution in [-0.4, -0.2) is 29.0 Å². The summed E-state index contributed by atoms with van der Waals surface area (Å²) in [4.78, 5) is 20.1. The summed E-state index contributed by atoms with van der Waals surface area (Å²) < 4.78 is 0.